The maximum absolute atomic E-state index is 13.4. The van der Waals surface area contributed by atoms with Gasteiger partial charge >= 0.3 is 6.03 Å². The summed E-state index contributed by atoms with van der Waals surface area (Å²) in [5.41, 5.74) is 0.645. The highest BCUT2D eigenvalue weighted by atomic mass is 35.5. The lowest BCUT2D eigenvalue weighted by Crippen LogP contribution is -2.73. The first-order chi connectivity index (χ1) is 12.7. The van der Waals surface area contributed by atoms with Crippen LogP contribution in [0.1, 0.15) is 25.8 Å². The smallest absolute Gasteiger partial charge is 0.332 e. The highest BCUT2D eigenvalue weighted by molar-refractivity contribution is 6.31. The van der Waals surface area contributed by atoms with Crippen molar-refractivity contribution < 1.29 is 14.4 Å². The average Bonchev–Trinajstić information content (AvgIpc) is 2.63. The molecule has 4 rings (SSSR count). The molecule has 6 nitrogen and oxygen atoms in total. The summed E-state index contributed by atoms with van der Waals surface area (Å²) >= 11 is 6.26. The summed E-state index contributed by atoms with van der Waals surface area (Å²) in [7, 11) is 2.93. The Balaban J connectivity index is 1.95. The molecule has 3 atom stereocenters. The molecule has 2 fully saturated rings. The molecule has 3 heterocycles. The van der Waals surface area contributed by atoms with E-state index in [4.69, 9.17) is 11.6 Å². The van der Waals surface area contributed by atoms with Crippen LogP contribution in [0.2, 0.25) is 5.02 Å². The largest absolute Gasteiger partial charge is 0.366 e. The second-order valence-electron chi connectivity index (χ2n) is 8.35. The molecule has 3 aliphatic heterocycles. The van der Waals surface area contributed by atoms with Crippen molar-refractivity contribution in [3.8, 4) is 0 Å². The van der Waals surface area contributed by atoms with Crippen molar-refractivity contribution in [2.75, 3.05) is 25.5 Å². The van der Waals surface area contributed by atoms with Crippen molar-refractivity contribution in [2.24, 2.45) is 17.3 Å². The molecular formula is C20H24ClN3O3. The number of piperidine rings is 1. The van der Waals surface area contributed by atoms with E-state index in [0.29, 0.717) is 17.4 Å². The van der Waals surface area contributed by atoms with Crippen molar-refractivity contribution in [1.29, 1.82) is 0 Å². The first kappa shape index (κ1) is 18.3. The number of amides is 4. The molecule has 1 aromatic carbocycles. The summed E-state index contributed by atoms with van der Waals surface area (Å²) < 4.78 is 0. The number of hydrogen-bond donors (Lipinski definition) is 0. The van der Waals surface area contributed by atoms with Crippen LogP contribution in [0.15, 0.2) is 18.2 Å². The molecule has 7 heteroatoms. The van der Waals surface area contributed by atoms with Crippen molar-refractivity contribution in [3.63, 3.8) is 0 Å². The fourth-order valence-electron chi connectivity index (χ4n) is 5.45. The number of anilines is 1. The Kier molecular flexibility index (Phi) is 4.04. The number of barbiturate groups is 1. The first-order valence-electron chi connectivity index (χ1n) is 9.33. The van der Waals surface area contributed by atoms with Crippen molar-refractivity contribution in [1.82, 2.24) is 9.80 Å². The normalized spacial score (nSPS) is 29.9. The zero-order chi connectivity index (χ0) is 19.7. The lowest BCUT2D eigenvalue weighted by Gasteiger charge is -2.57. The third kappa shape index (κ3) is 2.35. The quantitative estimate of drug-likeness (QED) is 0.640. The molecular weight excluding hydrogens is 366 g/mol. The van der Waals surface area contributed by atoms with Gasteiger partial charge < -0.3 is 4.90 Å². The van der Waals surface area contributed by atoms with E-state index in [1.54, 1.807) is 6.07 Å². The number of halogens is 1. The van der Waals surface area contributed by atoms with E-state index in [9.17, 15) is 14.4 Å². The lowest BCUT2D eigenvalue weighted by atomic mass is 9.62. The average molecular weight is 390 g/mol. The third-order valence-electron chi connectivity index (χ3n) is 6.43. The molecule has 0 aliphatic carbocycles. The number of rotatable bonds is 0. The van der Waals surface area contributed by atoms with Gasteiger partial charge in [-0.2, -0.15) is 0 Å². The molecule has 0 bridgehead atoms. The van der Waals surface area contributed by atoms with E-state index in [1.807, 2.05) is 12.1 Å². The van der Waals surface area contributed by atoms with Crippen LogP contribution in [0.5, 0.6) is 0 Å². The number of nitrogens with zero attached hydrogens (tertiary/aromatic N) is 3. The molecule has 1 aromatic rings. The molecule has 0 saturated carbocycles. The van der Waals surface area contributed by atoms with Crippen LogP contribution in [-0.2, 0) is 16.0 Å². The monoisotopic (exact) mass is 389 g/mol. The number of carbonyl (C=O) groups is 3. The Morgan fingerprint density at radius 1 is 1.07 bits per heavy atom. The standard InChI is InChI=1S/C20H24ClN3O3/c1-11-7-12(2)16-20(17(25)22(3)19(27)23(4)18(20)26)9-13-5-6-14(21)8-15(13)24(16)10-11/h5-6,8,11-12,16H,7,9-10H2,1-4H3/t11-,12+,16-/m1/s1. The maximum Gasteiger partial charge on any atom is 0.332 e. The summed E-state index contributed by atoms with van der Waals surface area (Å²) in [6.07, 6.45) is 1.22. The first-order valence-corrected chi connectivity index (χ1v) is 9.71. The van der Waals surface area contributed by atoms with Crippen LogP contribution in [0.4, 0.5) is 10.5 Å². The minimum atomic E-state index is -1.28. The number of urea groups is 1. The second-order valence-corrected chi connectivity index (χ2v) is 8.78. The minimum absolute atomic E-state index is 0.129. The molecule has 0 radical (unpaired) electrons. The highest BCUT2D eigenvalue weighted by Gasteiger charge is 2.64. The lowest BCUT2D eigenvalue weighted by molar-refractivity contribution is -0.161. The number of carbonyl (C=O) groups excluding carboxylic acids is 3. The Morgan fingerprint density at radius 3 is 2.33 bits per heavy atom. The molecule has 1 spiro atoms. The molecule has 27 heavy (non-hydrogen) atoms. The van der Waals surface area contributed by atoms with Crippen molar-refractivity contribution in [2.45, 2.75) is 32.7 Å². The van der Waals surface area contributed by atoms with E-state index in [1.165, 1.54) is 14.1 Å². The van der Waals surface area contributed by atoms with Gasteiger partial charge in [0.2, 0.25) is 11.8 Å². The fraction of sp³-hybridized carbons (Fsp3) is 0.550. The number of imide groups is 2. The Bertz CT molecular complexity index is 831. The van der Waals surface area contributed by atoms with Crippen LogP contribution in [0, 0.1) is 17.3 Å². The van der Waals surface area contributed by atoms with Crippen LogP contribution in [0.25, 0.3) is 0 Å². The topological polar surface area (TPSA) is 60.9 Å². The van der Waals surface area contributed by atoms with Gasteiger partial charge in [0.25, 0.3) is 0 Å². The molecule has 2 saturated heterocycles. The maximum atomic E-state index is 13.4. The van der Waals surface area contributed by atoms with Crippen LogP contribution < -0.4 is 4.90 Å². The third-order valence-corrected chi connectivity index (χ3v) is 6.67. The van der Waals surface area contributed by atoms with Gasteiger partial charge in [-0.1, -0.05) is 31.5 Å². The van der Waals surface area contributed by atoms with E-state index < -0.39 is 23.3 Å². The van der Waals surface area contributed by atoms with Gasteiger partial charge in [-0.05, 0) is 42.4 Å². The predicted octanol–water partition coefficient (Wildman–Crippen LogP) is 2.78. The van der Waals surface area contributed by atoms with Crippen LogP contribution in [0.3, 0.4) is 0 Å². The van der Waals surface area contributed by atoms with Crippen molar-refractivity contribution >= 4 is 35.1 Å². The van der Waals surface area contributed by atoms with Gasteiger partial charge in [-0.3, -0.25) is 19.4 Å². The van der Waals surface area contributed by atoms with Crippen LogP contribution >= 0.6 is 11.6 Å². The summed E-state index contributed by atoms with van der Waals surface area (Å²) in [5.74, 6) is -0.229. The molecule has 0 aromatic heterocycles. The molecule has 4 amide bonds. The minimum Gasteiger partial charge on any atom is -0.366 e. The second kappa shape index (κ2) is 5.96. The van der Waals surface area contributed by atoms with Gasteiger partial charge in [-0.15, -0.1) is 0 Å². The van der Waals surface area contributed by atoms with E-state index in [-0.39, 0.29) is 12.0 Å². The zero-order valence-electron chi connectivity index (χ0n) is 16.0. The summed E-state index contributed by atoms with van der Waals surface area (Å²) in [6, 6.07) is 4.76. The van der Waals surface area contributed by atoms with E-state index in [0.717, 1.165) is 34.0 Å². The SMILES string of the molecule is C[C@@H]1C[C@H](C)[C@H]2N(C1)c1cc(Cl)ccc1CC21C(=O)N(C)C(=O)N(C)C1=O. The highest BCUT2D eigenvalue weighted by Crippen LogP contribution is 2.51. The van der Waals surface area contributed by atoms with Gasteiger partial charge in [0.1, 0.15) is 0 Å². The Hall–Kier alpha value is -2.08. The Morgan fingerprint density at radius 2 is 1.70 bits per heavy atom. The predicted molar refractivity (Wildman–Crippen MR) is 103 cm³/mol. The molecule has 3 aliphatic rings. The molecule has 144 valence electrons. The summed E-state index contributed by atoms with van der Waals surface area (Å²) in [5, 5.41) is 0.639. The van der Waals surface area contributed by atoms with E-state index in [2.05, 4.69) is 18.7 Å². The fourth-order valence-corrected chi connectivity index (χ4v) is 5.61. The van der Waals surface area contributed by atoms with Gasteiger partial charge in [0, 0.05) is 31.4 Å². The number of benzene rings is 1. The van der Waals surface area contributed by atoms with E-state index >= 15 is 0 Å². The molecule has 0 N–H and O–H groups in total. The molecule has 0 unspecified atom stereocenters. The Labute approximate surface area is 164 Å². The number of hydrogen-bond acceptors (Lipinski definition) is 4. The van der Waals surface area contributed by atoms with Gasteiger partial charge in [0.15, 0.2) is 5.41 Å². The zero-order valence-corrected chi connectivity index (χ0v) is 16.8. The van der Waals surface area contributed by atoms with Crippen LogP contribution in [-0.4, -0.2) is 54.3 Å². The number of fused-ring (bicyclic) bond motifs is 4. The van der Waals surface area contributed by atoms with Crippen molar-refractivity contribution in [3.05, 3.63) is 28.8 Å². The summed E-state index contributed by atoms with van der Waals surface area (Å²) in [4.78, 5) is 43.6. The van der Waals surface area contributed by atoms with Gasteiger partial charge in [0.05, 0.1) is 6.04 Å². The van der Waals surface area contributed by atoms with Gasteiger partial charge in [-0.25, -0.2) is 4.79 Å². The summed E-state index contributed by atoms with van der Waals surface area (Å²) in [6.45, 7) is 5.04.